The Balaban J connectivity index is 1.61. The topological polar surface area (TPSA) is 93.7 Å². The van der Waals surface area contributed by atoms with E-state index in [9.17, 15) is 26.4 Å². The molecule has 0 atom stereocenters. The average molecular weight is 515 g/mol. The summed E-state index contributed by atoms with van der Waals surface area (Å²) >= 11 is 5.61. The smallest absolute Gasteiger partial charge is 0.418 e. The number of sulfonamides is 1. The molecule has 0 bridgehead atoms. The summed E-state index contributed by atoms with van der Waals surface area (Å²) in [5.41, 5.74) is -1.22. The van der Waals surface area contributed by atoms with Crippen LogP contribution >= 0.6 is 11.6 Å². The maximum absolute atomic E-state index is 13.1. The molecule has 7 nitrogen and oxygen atoms in total. The highest BCUT2D eigenvalue weighted by Gasteiger charge is 2.34. The summed E-state index contributed by atoms with van der Waals surface area (Å²) in [5.74, 6) is -0.129. The van der Waals surface area contributed by atoms with Crippen molar-refractivity contribution in [1.82, 2.24) is 0 Å². The maximum Gasteiger partial charge on any atom is 0.418 e. The third-order valence-electron chi connectivity index (χ3n) is 4.41. The fraction of sp³-hybridized carbons (Fsp3) is 0.136. The maximum atomic E-state index is 13.1. The molecule has 180 valence electrons. The molecule has 3 aromatic carbocycles. The van der Waals surface area contributed by atoms with Gasteiger partial charge in [0.1, 0.15) is 11.5 Å². The van der Waals surface area contributed by atoms with Crippen LogP contribution in [0.4, 0.5) is 24.5 Å². The summed E-state index contributed by atoms with van der Waals surface area (Å²) < 4.78 is 77.1. The van der Waals surface area contributed by atoms with Crippen LogP contribution in [0.1, 0.15) is 5.56 Å². The van der Waals surface area contributed by atoms with Crippen LogP contribution in [0.3, 0.4) is 0 Å². The number of nitrogens with one attached hydrogen (secondary N) is 2. The van der Waals surface area contributed by atoms with Gasteiger partial charge in [-0.25, -0.2) is 8.42 Å². The first-order chi connectivity index (χ1) is 16.0. The summed E-state index contributed by atoms with van der Waals surface area (Å²) in [7, 11) is -2.40. The summed E-state index contributed by atoms with van der Waals surface area (Å²) in [6, 6.07) is 14.4. The number of carbonyl (C=O) groups is 1. The van der Waals surface area contributed by atoms with Crippen LogP contribution < -0.4 is 19.5 Å². The largest absolute Gasteiger partial charge is 0.497 e. The van der Waals surface area contributed by atoms with Crippen LogP contribution in [-0.4, -0.2) is 28.0 Å². The van der Waals surface area contributed by atoms with Crippen molar-refractivity contribution in [2.75, 3.05) is 23.8 Å². The van der Waals surface area contributed by atoms with Gasteiger partial charge in [-0.3, -0.25) is 9.52 Å². The van der Waals surface area contributed by atoms with E-state index in [-0.39, 0.29) is 15.7 Å². The number of carbonyl (C=O) groups excluding carboxylic acids is 1. The molecule has 0 aromatic heterocycles. The highest BCUT2D eigenvalue weighted by Crippen LogP contribution is 2.36. The molecule has 0 unspecified atom stereocenters. The second-order valence-electron chi connectivity index (χ2n) is 6.83. The van der Waals surface area contributed by atoms with Crippen LogP contribution in [0.5, 0.6) is 11.5 Å². The fourth-order valence-electron chi connectivity index (χ4n) is 2.78. The third kappa shape index (κ3) is 6.55. The summed E-state index contributed by atoms with van der Waals surface area (Å²) in [6.07, 6.45) is -4.71. The molecule has 12 heteroatoms. The molecule has 0 saturated carbocycles. The molecule has 1 amide bonds. The van der Waals surface area contributed by atoms with Gasteiger partial charge >= 0.3 is 6.18 Å². The number of benzene rings is 3. The number of rotatable bonds is 8. The lowest BCUT2D eigenvalue weighted by Crippen LogP contribution is -2.22. The minimum Gasteiger partial charge on any atom is -0.497 e. The number of amides is 1. The van der Waals surface area contributed by atoms with E-state index in [0.717, 1.165) is 6.07 Å². The first-order valence-corrected chi connectivity index (χ1v) is 11.4. The van der Waals surface area contributed by atoms with Crippen LogP contribution in [0.25, 0.3) is 0 Å². The number of ether oxygens (including phenoxy) is 2. The first kappa shape index (κ1) is 25.2. The van der Waals surface area contributed by atoms with E-state index in [1.165, 1.54) is 49.6 Å². The van der Waals surface area contributed by atoms with E-state index >= 15 is 0 Å². The van der Waals surface area contributed by atoms with Crippen molar-refractivity contribution in [3.8, 4) is 11.5 Å². The van der Waals surface area contributed by atoms with Gasteiger partial charge in [0, 0.05) is 10.7 Å². The molecule has 0 aliphatic heterocycles. The number of halogens is 4. The normalized spacial score (nSPS) is 11.6. The molecule has 0 fully saturated rings. The van der Waals surface area contributed by atoms with E-state index in [2.05, 4.69) is 10.0 Å². The number of hydrogen-bond acceptors (Lipinski definition) is 5. The molecule has 2 N–H and O–H groups in total. The molecular formula is C22H18ClF3N2O5S. The Hall–Kier alpha value is -3.44. The highest BCUT2D eigenvalue weighted by molar-refractivity contribution is 7.92. The third-order valence-corrected chi connectivity index (χ3v) is 6.04. The minimum absolute atomic E-state index is 0.0592. The van der Waals surface area contributed by atoms with Gasteiger partial charge in [-0.15, -0.1) is 0 Å². The number of hydrogen-bond donors (Lipinski definition) is 2. The summed E-state index contributed by atoms with van der Waals surface area (Å²) in [5, 5.41) is 2.00. The Morgan fingerprint density at radius 1 is 0.971 bits per heavy atom. The van der Waals surface area contributed by atoms with Gasteiger partial charge in [0.25, 0.3) is 15.9 Å². The second-order valence-corrected chi connectivity index (χ2v) is 8.95. The standard InChI is InChI=1S/C22H18ClF3N2O5S/c1-32-16-5-3-15(4-6-16)28-34(30,31)18-9-7-17(8-10-18)33-13-21(29)27-20-11-2-14(23)12-19(20)22(24,25)26/h2-12,28H,13H2,1H3,(H,27,29). The van der Waals surface area contributed by atoms with Crippen molar-refractivity contribution in [3.05, 3.63) is 77.3 Å². The predicted molar refractivity (Wildman–Crippen MR) is 121 cm³/mol. The van der Waals surface area contributed by atoms with Gasteiger partial charge in [0.2, 0.25) is 0 Å². The molecule has 0 heterocycles. The molecule has 0 saturated heterocycles. The quantitative estimate of drug-likeness (QED) is 0.432. The van der Waals surface area contributed by atoms with Crippen LogP contribution in [-0.2, 0) is 21.0 Å². The minimum atomic E-state index is -4.71. The van der Waals surface area contributed by atoms with Gasteiger partial charge in [0.15, 0.2) is 6.61 Å². The van der Waals surface area contributed by atoms with Crippen LogP contribution in [0.2, 0.25) is 5.02 Å². The van der Waals surface area contributed by atoms with Crippen molar-refractivity contribution in [3.63, 3.8) is 0 Å². The van der Waals surface area contributed by atoms with E-state index in [1.807, 2.05) is 0 Å². The van der Waals surface area contributed by atoms with Gasteiger partial charge in [0.05, 0.1) is 23.3 Å². The first-order valence-electron chi connectivity index (χ1n) is 9.54. The van der Waals surface area contributed by atoms with Gasteiger partial charge in [-0.05, 0) is 66.7 Å². The second kappa shape index (κ2) is 10.2. The summed E-state index contributed by atoms with van der Waals surface area (Å²) in [6.45, 7) is -0.601. The van der Waals surface area contributed by atoms with Crippen molar-refractivity contribution in [2.24, 2.45) is 0 Å². The van der Waals surface area contributed by atoms with E-state index in [0.29, 0.717) is 17.5 Å². The Morgan fingerprint density at radius 2 is 1.59 bits per heavy atom. The molecule has 0 spiro atoms. The van der Waals surface area contributed by atoms with Gasteiger partial charge < -0.3 is 14.8 Å². The monoisotopic (exact) mass is 514 g/mol. The van der Waals surface area contributed by atoms with Crippen LogP contribution in [0.15, 0.2) is 71.6 Å². The van der Waals surface area contributed by atoms with Crippen molar-refractivity contribution >= 4 is 38.9 Å². The fourth-order valence-corrected chi connectivity index (χ4v) is 4.01. The van der Waals surface area contributed by atoms with Crippen molar-refractivity contribution < 1.29 is 35.9 Å². The summed E-state index contributed by atoms with van der Waals surface area (Å²) in [4.78, 5) is 12.0. The van der Waals surface area contributed by atoms with Crippen molar-refractivity contribution in [2.45, 2.75) is 11.1 Å². The molecule has 3 aromatic rings. The number of alkyl halides is 3. The molecule has 0 radical (unpaired) electrons. The Kier molecular flexibility index (Phi) is 7.57. The zero-order valence-corrected chi connectivity index (χ0v) is 19.1. The van der Waals surface area contributed by atoms with Gasteiger partial charge in [-0.2, -0.15) is 13.2 Å². The molecule has 0 aliphatic carbocycles. The number of methoxy groups -OCH3 is 1. The molecule has 0 aliphatic rings. The SMILES string of the molecule is COc1ccc(NS(=O)(=O)c2ccc(OCC(=O)Nc3ccc(Cl)cc3C(F)(F)F)cc2)cc1. The Morgan fingerprint density at radius 3 is 2.18 bits per heavy atom. The van der Waals surface area contributed by atoms with Gasteiger partial charge in [-0.1, -0.05) is 11.6 Å². The lowest BCUT2D eigenvalue weighted by molar-refractivity contribution is -0.137. The van der Waals surface area contributed by atoms with E-state index in [4.69, 9.17) is 21.1 Å². The van der Waals surface area contributed by atoms with Crippen molar-refractivity contribution in [1.29, 1.82) is 0 Å². The Bertz CT molecular complexity index is 1270. The van der Waals surface area contributed by atoms with E-state index in [1.54, 1.807) is 12.1 Å². The predicted octanol–water partition coefficient (Wildman–Crippen LogP) is 5.19. The highest BCUT2D eigenvalue weighted by atomic mass is 35.5. The molecule has 3 rings (SSSR count). The zero-order chi connectivity index (χ0) is 24.9. The van der Waals surface area contributed by atoms with E-state index < -0.39 is 40.0 Å². The molecular weight excluding hydrogens is 497 g/mol. The average Bonchev–Trinajstić information content (AvgIpc) is 2.79. The number of anilines is 2. The Labute approximate surface area is 198 Å². The lowest BCUT2D eigenvalue weighted by Gasteiger charge is -2.14. The van der Waals surface area contributed by atoms with Crippen LogP contribution in [0, 0.1) is 0 Å². The lowest BCUT2D eigenvalue weighted by atomic mass is 10.1. The zero-order valence-electron chi connectivity index (χ0n) is 17.5. The molecule has 34 heavy (non-hydrogen) atoms.